The van der Waals surface area contributed by atoms with Crippen molar-refractivity contribution in [3.05, 3.63) is 29.8 Å². The molecule has 5 nitrogen and oxygen atoms in total. The Morgan fingerprint density at radius 2 is 1.89 bits per heavy atom. The van der Waals surface area contributed by atoms with Crippen LogP contribution in [0.25, 0.3) is 0 Å². The zero-order valence-electron chi connectivity index (χ0n) is 11.3. The van der Waals surface area contributed by atoms with Crippen molar-refractivity contribution in [2.45, 2.75) is 12.5 Å². The summed E-state index contributed by atoms with van der Waals surface area (Å²) in [5, 5.41) is 12.9. The lowest BCUT2D eigenvalue weighted by Gasteiger charge is -2.40. The molecule has 1 unspecified atom stereocenters. The minimum Gasteiger partial charge on any atom is -0.497 e. The van der Waals surface area contributed by atoms with Crippen molar-refractivity contribution in [2.75, 3.05) is 33.3 Å². The molecule has 1 aliphatic rings. The summed E-state index contributed by atoms with van der Waals surface area (Å²) in [5.41, 5.74) is -0.211. The van der Waals surface area contributed by atoms with E-state index in [1.54, 1.807) is 26.2 Å². The molecular formula is C14H20N2O3. The Hall–Kier alpha value is -1.59. The number of carbonyl (C=O) groups is 1. The number of piperazine rings is 1. The molecule has 0 saturated carbocycles. The molecule has 0 spiro atoms. The summed E-state index contributed by atoms with van der Waals surface area (Å²) in [5.74, 6) is -0.0867. The molecular weight excluding hydrogens is 244 g/mol. The van der Waals surface area contributed by atoms with Crippen LogP contribution in [0.15, 0.2) is 24.3 Å². The van der Waals surface area contributed by atoms with E-state index in [0.29, 0.717) is 0 Å². The van der Waals surface area contributed by atoms with Crippen LogP contribution >= 0.6 is 0 Å². The maximum Gasteiger partial charge on any atom is 0.328 e. The minimum atomic E-state index is -0.992. The highest BCUT2D eigenvalue weighted by atomic mass is 16.5. The topological polar surface area (TPSA) is 61.8 Å². The lowest BCUT2D eigenvalue weighted by Crippen LogP contribution is -2.56. The third-order valence-corrected chi connectivity index (χ3v) is 3.82. The van der Waals surface area contributed by atoms with Crippen molar-refractivity contribution in [2.24, 2.45) is 0 Å². The van der Waals surface area contributed by atoms with Gasteiger partial charge in [-0.25, -0.2) is 4.79 Å². The second kappa shape index (κ2) is 5.59. The number of nitrogens with one attached hydrogen (secondary N) is 1. The molecule has 0 aliphatic carbocycles. The molecule has 1 atom stereocenters. The summed E-state index contributed by atoms with van der Waals surface area (Å²) >= 11 is 0. The molecule has 1 aliphatic heterocycles. The predicted molar refractivity (Wildman–Crippen MR) is 72.4 cm³/mol. The maximum absolute atomic E-state index is 11.8. The van der Waals surface area contributed by atoms with Gasteiger partial charge in [-0.15, -0.1) is 0 Å². The molecule has 1 fully saturated rings. The Morgan fingerprint density at radius 3 is 2.37 bits per heavy atom. The Labute approximate surface area is 113 Å². The predicted octanol–water partition coefficient (Wildman–Crippen LogP) is 0.900. The van der Waals surface area contributed by atoms with Crippen LogP contribution in [-0.4, -0.2) is 49.3 Å². The van der Waals surface area contributed by atoms with Gasteiger partial charge in [0, 0.05) is 26.2 Å². The van der Waals surface area contributed by atoms with Crippen LogP contribution in [-0.2, 0) is 10.3 Å². The number of nitrogens with zero attached hydrogens (tertiary/aromatic N) is 1. The van der Waals surface area contributed by atoms with E-state index in [2.05, 4.69) is 5.32 Å². The highest BCUT2D eigenvalue weighted by Crippen LogP contribution is 2.30. The van der Waals surface area contributed by atoms with E-state index in [0.717, 1.165) is 37.5 Å². The summed E-state index contributed by atoms with van der Waals surface area (Å²) in [6.45, 7) is 4.87. The number of hydrogen-bond acceptors (Lipinski definition) is 4. The van der Waals surface area contributed by atoms with E-state index < -0.39 is 11.5 Å². The number of rotatable bonds is 4. The molecule has 104 valence electrons. The fourth-order valence-corrected chi connectivity index (χ4v) is 2.47. The summed E-state index contributed by atoms with van der Waals surface area (Å²) < 4.78 is 5.12. The second-order valence-electron chi connectivity index (χ2n) is 4.84. The van der Waals surface area contributed by atoms with E-state index in [1.165, 1.54) is 0 Å². The van der Waals surface area contributed by atoms with Crippen molar-refractivity contribution in [1.29, 1.82) is 0 Å². The summed E-state index contributed by atoms with van der Waals surface area (Å²) in [4.78, 5) is 13.8. The minimum absolute atomic E-state index is 0.731. The molecule has 2 rings (SSSR count). The van der Waals surface area contributed by atoms with E-state index in [4.69, 9.17) is 4.74 Å². The molecule has 1 aromatic rings. The largest absolute Gasteiger partial charge is 0.497 e. The first-order valence-corrected chi connectivity index (χ1v) is 6.42. The second-order valence-corrected chi connectivity index (χ2v) is 4.84. The lowest BCUT2D eigenvalue weighted by atomic mass is 9.89. The van der Waals surface area contributed by atoms with Gasteiger partial charge in [0.1, 0.15) is 11.3 Å². The molecule has 1 saturated heterocycles. The van der Waals surface area contributed by atoms with Crippen molar-refractivity contribution < 1.29 is 14.6 Å². The van der Waals surface area contributed by atoms with Crippen LogP contribution in [0.3, 0.4) is 0 Å². The Balaban J connectivity index is 2.33. The highest BCUT2D eigenvalue weighted by molar-refractivity contribution is 5.80. The van der Waals surface area contributed by atoms with Crippen molar-refractivity contribution in [3.63, 3.8) is 0 Å². The van der Waals surface area contributed by atoms with Crippen molar-refractivity contribution >= 4 is 5.97 Å². The average Bonchev–Trinajstić information content (AvgIpc) is 2.47. The Morgan fingerprint density at radius 1 is 1.32 bits per heavy atom. The Kier molecular flexibility index (Phi) is 4.07. The normalized spacial score (nSPS) is 19.7. The first-order valence-electron chi connectivity index (χ1n) is 6.42. The van der Waals surface area contributed by atoms with Crippen molar-refractivity contribution in [1.82, 2.24) is 10.2 Å². The number of benzene rings is 1. The number of ether oxygens (including phenoxy) is 1. The standard InChI is InChI=1S/C14H20N2O3/c1-14(13(17)18,16-9-7-15-8-10-16)11-3-5-12(19-2)6-4-11/h3-6,15H,7-10H2,1-2H3,(H,17,18). The van der Waals surface area contributed by atoms with Gasteiger partial charge >= 0.3 is 5.97 Å². The number of methoxy groups -OCH3 is 1. The number of carboxylic acid groups (broad SMARTS) is 1. The number of carboxylic acids is 1. The van der Waals surface area contributed by atoms with Gasteiger partial charge in [0.15, 0.2) is 0 Å². The number of hydrogen-bond donors (Lipinski definition) is 2. The van der Waals surface area contributed by atoms with Crippen LogP contribution in [0.4, 0.5) is 0 Å². The quantitative estimate of drug-likeness (QED) is 0.846. The van der Waals surface area contributed by atoms with Crippen LogP contribution in [0.1, 0.15) is 12.5 Å². The van der Waals surface area contributed by atoms with Gasteiger partial charge in [-0.05, 0) is 24.6 Å². The van der Waals surface area contributed by atoms with E-state index >= 15 is 0 Å². The van der Waals surface area contributed by atoms with Crippen LogP contribution in [0, 0.1) is 0 Å². The van der Waals surface area contributed by atoms with Crippen LogP contribution < -0.4 is 10.1 Å². The summed E-state index contributed by atoms with van der Waals surface area (Å²) in [6, 6.07) is 7.27. The summed E-state index contributed by atoms with van der Waals surface area (Å²) in [7, 11) is 1.60. The first-order chi connectivity index (χ1) is 9.09. The fourth-order valence-electron chi connectivity index (χ4n) is 2.47. The zero-order valence-corrected chi connectivity index (χ0v) is 11.3. The SMILES string of the molecule is COc1ccc(C(C)(C(=O)O)N2CCNCC2)cc1. The third kappa shape index (κ3) is 2.57. The average molecular weight is 264 g/mol. The molecule has 0 amide bonds. The van der Waals surface area contributed by atoms with Gasteiger partial charge < -0.3 is 15.2 Å². The molecule has 1 aromatic carbocycles. The molecule has 2 N–H and O–H groups in total. The van der Waals surface area contributed by atoms with Gasteiger partial charge in [0.05, 0.1) is 7.11 Å². The molecule has 0 aromatic heterocycles. The molecule has 0 radical (unpaired) electrons. The first kappa shape index (κ1) is 13.8. The van der Waals surface area contributed by atoms with E-state index in [-0.39, 0.29) is 0 Å². The van der Waals surface area contributed by atoms with Gasteiger partial charge in [-0.1, -0.05) is 12.1 Å². The summed E-state index contributed by atoms with van der Waals surface area (Å²) in [6.07, 6.45) is 0. The molecule has 5 heteroatoms. The monoisotopic (exact) mass is 264 g/mol. The lowest BCUT2D eigenvalue weighted by molar-refractivity contribution is -0.151. The number of aliphatic carboxylic acids is 1. The molecule has 1 heterocycles. The van der Waals surface area contributed by atoms with Gasteiger partial charge in [-0.2, -0.15) is 0 Å². The van der Waals surface area contributed by atoms with Crippen LogP contribution in [0.5, 0.6) is 5.75 Å². The zero-order chi connectivity index (χ0) is 13.9. The van der Waals surface area contributed by atoms with Crippen molar-refractivity contribution in [3.8, 4) is 5.75 Å². The van der Waals surface area contributed by atoms with Gasteiger partial charge in [0.2, 0.25) is 0 Å². The molecule has 19 heavy (non-hydrogen) atoms. The van der Waals surface area contributed by atoms with Gasteiger partial charge in [0.25, 0.3) is 0 Å². The Bertz CT molecular complexity index is 441. The molecule has 0 bridgehead atoms. The maximum atomic E-state index is 11.8. The van der Waals surface area contributed by atoms with E-state index in [9.17, 15) is 9.90 Å². The van der Waals surface area contributed by atoms with Gasteiger partial charge in [-0.3, -0.25) is 4.90 Å². The van der Waals surface area contributed by atoms with Crippen LogP contribution in [0.2, 0.25) is 0 Å². The highest BCUT2D eigenvalue weighted by Gasteiger charge is 2.41. The fraction of sp³-hybridized carbons (Fsp3) is 0.500. The smallest absolute Gasteiger partial charge is 0.328 e. The van der Waals surface area contributed by atoms with E-state index in [1.807, 2.05) is 17.0 Å². The third-order valence-electron chi connectivity index (χ3n) is 3.82.